The van der Waals surface area contributed by atoms with E-state index in [1.54, 1.807) is 0 Å². The van der Waals surface area contributed by atoms with Crippen molar-refractivity contribution in [1.29, 1.82) is 0 Å². The number of hydrogen-bond donors (Lipinski definition) is 0. The highest BCUT2D eigenvalue weighted by Crippen LogP contribution is 2.44. The number of anilines is 3. The molecule has 0 aliphatic rings. The van der Waals surface area contributed by atoms with Crippen LogP contribution in [0.4, 0.5) is 17.1 Å². The molecular formula is C60H44N2Si. The van der Waals surface area contributed by atoms with Crippen molar-refractivity contribution < 1.29 is 0 Å². The van der Waals surface area contributed by atoms with Gasteiger partial charge in [0.1, 0.15) is 0 Å². The van der Waals surface area contributed by atoms with Crippen LogP contribution in [0.3, 0.4) is 0 Å². The Hall–Kier alpha value is -7.98. The van der Waals surface area contributed by atoms with E-state index in [9.17, 15) is 0 Å². The molecule has 3 heteroatoms. The Balaban J connectivity index is 1.14. The van der Waals surface area contributed by atoms with E-state index < -0.39 is 8.07 Å². The molecule has 1 heterocycles. The van der Waals surface area contributed by atoms with Gasteiger partial charge in [0.25, 0.3) is 0 Å². The molecular weight excluding hydrogens is 777 g/mol. The van der Waals surface area contributed by atoms with Crippen LogP contribution in [-0.4, -0.2) is 12.6 Å². The van der Waals surface area contributed by atoms with Gasteiger partial charge in [0.15, 0.2) is 8.07 Å². The van der Waals surface area contributed by atoms with Crippen LogP contribution >= 0.6 is 0 Å². The zero-order valence-electron chi connectivity index (χ0n) is 34.8. The third kappa shape index (κ3) is 6.76. The van der Waals surface area contributed by atoms with Gasteiger partial charge >= 0.3 is 0 Å². The maximum Gasteiger partial charge on any atom is 0.179 e. The zero-order chi connectivity index (χ0) is 42.0. The van der Waals surface area contributed by atoms with Gasteiger partial charge in [-0.05, 0) is 97.6 Å². The van der Waals surface area contributed by atoms with Crippen molar-refractivity contribution in [1.82, 2.24) is 4.57 Å². The first-order valence-electron chi connectivity index (χ1n) is 21.7. The van der Waals surface area contributed by atoms with Gasteiger partial charge in [-0.25, -0.2) is 0 Å². The molecule has 1 aromatic heterocycles. The molecule has 0 aliphatic heterocycles. The SMILES string of the molecule is c1ccc(-c2ccc(-c3ccc(N(c4cccc([Si](c5ccccc5)(c5ccccc5)c5ccccc5)c4)c4cccc5c4c4ccccc4n5-c4ccccc4)cc3)cc2)cc1. The lowest BCUT2D eigenvalue weighted by atomic mass is 10.00. The summed E-state index contributed by atoms with van der Waals surface area (Å²) < 4.78 is 2.41. The van der Waals surface area contributed by atoms with Crippen LogP contribution in [0.15, 0.2) is 267 Å². The van der Waals surface area contributed by atoms with Gasteiger partial charge in [0.05, 0.1) is 16.7 Å². The monoisotopic (exact) mass is 820 g/mol. The first kappa shape index (κ1) is 38.0. The second-order valence-corrected chi connectivity index (χ2v) is 19.9. The maximum atomic E-state index is 2.48. The lowest BCUT2D eigenvalue weighted by molar-refractivity contribution is 1.18. The minimum absolute atomic E-state index is 1.09. The summed E-state index contributed by atoms with van der Waals surface area (Å²) in [4.78, 5) is 2.48. The number of rotatable bonds is 10. The van der Waals surface area contributed by atoms with Crippen molar-refractivity contribution in [2.24, 2.45) is 0 Å². The number of para-hydroxylation sites is 2. The van der Waals surface area contributed by atoms with Gasteiger partial charge < -0.3 is 9.47 Å². The van der Waals surface area contributed by atoms with Crippen molar-refractivity contribution in [3.63, 3.8) is 0 Å². The second kappa shape index (κ2) is 16.5. The Kier molecular flexibility index (Phi) is 9.93. The van der Waals surface area contributed by atoms with E-state index in [4.69, 9.17) is 0 Å². The fourth-order valence-electron chi connectivity index (χ4n) is 9.70. The average molecular weight is 821 g/mol. The highest BCUT2D eigenvalue weighted by Gasteiger charge is 2.41. The maximum absolute atomic E-state index is 2.83. The molecule has 0 saturated heterocycles. The molecule has 0 amide bonds. The summed E-state index contributed by atoms with van der Waals surface area (Å²) >= 11 is 0. The van der Waals surface area contributed by atoms with Crippen LogP contribution in [0, 0.1) is 0 Å². The van der Waals surface area contributed by atoms with E-state index in [1.165, 1.54) is 59.3 Å². The minimum Gasteiger partial charge on any atom is -0.310 e. The Morgan fingerprint density at radius 1 is 0.302 bits per heavy atom. The molecule has 0 atom stereocenters. The van der Waals surface area contributed by atoms with E-state index in [2.05, 4.69) is 276 Å². The molecule has 0 aliphatic carbocycles. The summed E-state index contributed by atoms with van der Waals surface area (Å²) in [6.07, 6.45) is 0. The lowest BCUT2D eigenvalue weighted by Gasteiger charge is -2.35. The summed E-state index contributed by atoms with van der Waals surface area (Å²) in [6.45, 7) is 0. The average Bonchev–Trinajstić information content (AvgIpc) is 3.71. The minimum atomic E-state index is -2.83. The van der Waals surface area contributed by atoms with Gasteiger partial charge in [0.2, 0.25) is 0 Å². The van der Waals surface area contributed by atoms with E-state index in [1.807, 2.05) is 0 Å². The standard InChI is InChI=1S/C60H44N2Si/c1-6-20-45(21-7-1)46-36-38-47(39-37-46)48-40-42-50(43-41-48)61(58-34-19-35-59-60(58)56-32-16-17-33-57(56)62(59)49-22-8-2-9-23-49)51-24-18-31-55(44-51)63(52-25-10-3-11-26-52,53-27-12-4-13-28-53)54-29-14-5-15-30-54/h1-44H. The number of benzene rings is 10. The van der Waals surface area contributed by atoms with Crippen LogP contribution in [0.1, 0.15) is 0 Å². The van der Waals surface area contributed by atoms with Crippen LogP contribution in [-0.2, 0) is 0 Å². The van der Waals surface area contributed by atoms with Crippen molar-refractivity contribution in [2.75, 3.05) is 4.90 Å². The molecule has 0 unspecified atom stereocenters. The molecule has 63 heavy (non-hydrogen) atoms. The number of fused-ring (bicyclic) bond motifs is 3. The van der Waals surface area contributed by atoms with E-state index in [-0.39, 0.29) is 0 Å². The third-order valence-electron chi connectivity index (χ3n) is 12.5. The van der Waals surface area contributed by atoms with Crippen molar-refractivity contribution in [3.05, 3.63) is 267 Å². The second-order valence-electron chi connectivity index (χ2n) is 16.1. The summed E-state index contributed by atoms with van der Waals surface area (Å²) in [5.41, 5.74) is 11.6. The highest BCUT2D eigenvalue weighted by atomic mass is 28.3. The lowest BCUT2D eigenvalue weighted by Crippen LogP contribution is -2.74. The van der Waals surface area contributed by atoms with Crippen LogP contribution in [0.2, 0.25) is 0 Å². The predicted octanol–water partition coefficient (Wildman–Crippen LogP) is 13.0. The quantitative estimate of drug-likeness (QED) is 0.0985. The largest absolute Gasteiger partial charge is 0.310 e. The normalized spacial score (nSPS) is 11.5. The highest BCUT2D eigenvalue weighted by molar-refractivity contribution is 7.19. The molecule has 0 fully saturated rings. The zero-order valence-corrected chi connectivity index (χ0v) is 35.8. The number of nitrogens with zero attached hydrogens (tertiary/aromatic N) is 2. The van der Waals surface area contributed by atoms with Crippen molar-refractivity contribution in [3.8, 4) is 27.9 Å². The predicted molar refractivity (Wildman–Crippen MR) is 270 cm³/mol. The van der Waals surface area contributed by atoms with Gasteiger partial charge in [-0.3, -0.25) is 0 Å². The van der Waals surface area contributed by atoms with Crippen molar-refractivity contribution >= 4 is 67.7 Å². The summed E-state index contributed by atoms with van der Waals surface area (Å²) in [5, 5.41) is 7.79. The Morgan fingerprint density at radius 2 is 0.730 bits per heavy atom. The molecule has 0 spiro atoms. The molecule has 0 saturated carbocycles. The first-order chi connectivity index (χ1) is 31.3. The molecule has 11 aromatic rings. The molecule has 2 nitrogen and oxygen atoms in total. The fourth-order valence-corrected chi connectivity index (χ4v) is 14.5. The topological polar surface area (TPSA) is 8.17 Å². The van der Waals surface area contributed by atoms with E-state index in [0.29, 0.717) is 0 Å². The summed E-state index contributed by atoms with van der Waals surface area (Å²) in [7, 11) is -2.83. The fraction of sp³-hybridized carbons (Fsp3) is 0. The molecule has 0 N–H and O–H groups in total. The summed E-state index contributed by atoms with van der Waals surface area (Å²) in [5.74, 6) is 0. The summed E-state index contributed by atoms with van der Waals surface area (Å²) in [6, 6.07) is 97.9. The van der Waals surface area contributed by atoms with Crippen molar-refractivity contribution in [2.45, 2.75) is 0 Å². The first-order valence-corrected chi connectivity index (χ1v) is 23.7. The Labute approximate surface area is 370 Å². The molecule has 0 bridgehead atoms. The van der Waals surface area contributed by atoms with Gasteiger partial charge in [-0.15, -0.1) is 0 Å². The Morgan fingerprint density at radius 3 is 1.30 bits per heavy atom. The van der Waals surface area contributed by atoms with Gasteiger partial charge in [-0.1, -0.05) is 212 Å². The molecule has 0 radical (unpaired) electrons. The third-order valence-corrected chi connectivity index (χ3v) is 17.3. The number of aromatic nitrogens is 1. The van der Waals surface area contributed by atoms with Crippen LogP contribution in [0.25, 0.3) is 49.7 Å². The van der Waals surface area contributed by atoms with E-state index >= 15 is 0 Å². The molecule has 298 valence electrons. The smallest absolute Gasteiger partial charge is 0.179 e. The Bertz CT molecular complexity index is 3200. The van der Waals surface area contributed by atoms with Gasteiger partial charge in [0, 0.05) is 27.8 Å². The van der Waals surface area contributed by atoms with Crippen LogP contribution in [0.5, 0.6) is 0 Å². The number of hydrogen-bond acceptors (Lipinski definition) is 1. The van der Waals surface area contributed by atoms with Gasteiger partial charge in [-0.2, -0.15) is 0 Å². The van der Waals surface area contributed by atoms with Crippen LogP contribution < -0.4 is 25.6 Å². The molecule has 10 aromatic carbocycles. The molecule has 11 rings (SSSR count). The van der Waals surface area contributed by atoms with E-state index in [0.717, 1.165) is 28.3 Å².